The van der Waals surface area contributed by atoms with E-state index in [4.69, 9.17) is 11.6 Å². The van der Waals surface area contributed by atoms with Gasteiger partial charge in [-0.15, -0.1) is 11.6 Å². The van der Waals surface area contributed by atoms with Crippen molar-refractivity contribution < 1.29 is 0 Å². The van der Waals surface area contributed by atoms with E-state index in [0.717, 1.165) is 19.0 Å². The summed E-state index contributed by atoms with van der Waals surface area (Å²) < 4.78 is 0. The number of alkyl halides is 1. The normalized spacial score (nSPS) is 24.6. The van der Waals surface area contributed by atoms with Gasteiger partial charge in [0.25, 0.3) is 0 Å². The predicted molar refractivity (Wildman–Crippen MR) is 86.6 cm³/mol. The Morgan fingerprint density at radius 2 is 1.95 bits per heavy atom. The average Bonchev–Trinajstić information content (AvgIpc) is 2.97. The highest BCUT2D eigenvalue weighted by Crippen LogP contribution is 2.39. The molecule has 0 bridgehead atoms. The van der Waals surface area contributed by atoms with Crippen molar-refractivity contribution in [3.05, 3.63) is 35.4 Å². The standard InChI is InChI=1S/C18H26ClN/c19-13-18(10-3-4-11-18)14-20-12-16-8-5-7-15-6-1-2-9-17(15)16/h1-2,6,9,16,20H,3-5,7-8,10-14H2. The maximum absolute atomic E-state index is 6.23. The van der Waals surface area contributed by atoms with E-state index in [9.17, 15) is 0 Å². The monoisotopic (exact) mass is 291 g/mol. The molecular formula is C18H26ClN. The molecule has 20 heavy (non-hydrogen) atoms. The van der Waals surface area contributed by atoms with Crippen LogP contribution in [0.4, 0.5) is 0 Å². The van der Waals surface area contributed by atoms with Gasteiger partial charge in [-0.3, -0.25) is 0 Å². The summed E-state index contributed by atoms with van der Waals surface area (Å²) in [6.07, 6.45) is 9.27. The molecule has 1 aromatic carbocycles. The summed E-state index contributed by atoms with van der Waals surface area (Å²) in [4.78, 5) is 0. The zero-order chi connectivity index (χ0) is 13.8. The predicted octanol–water partition coefficient (Wildman–Crippen LogP) is 4.50. The van der Waals surface area contributed by atoms with Crippen LogP contribution in [-0.2, 0) is 6.42 Å². The summed E-state index contributed by atoms with van der Waals surface area (Å²) in [7, 11) is 0. The summed E-state index contributed by atoms with van der Waals surface area (Å²) in [5.74, 6) is 1.52. The quantitative estimate of drug-likeness (QED) is 0.788. The Labute approximate surface area is 128 Å². The minimum absolute atomic E-state index is 0.385. The number of fused-ring (bicyclic) bond motifs is 1. The average molecular weight is 292 g/mol. The van der Waals surface area contributed by atoms with Crippen molar-refractivity contribution in [2.24, 2.45) is 5.41 Å². The van der Waals surface area contributed by atoms with E-state index in [1.165, 1.54) is 44.9 Å². The lowest BCUT2D eigenvalue weighted by molar-refractivity contribution is 0.314. The molecule has 0 spiro atoms. The maximum atomic E-state index is 6.23. The Bertz CT molecular complexity index is 437. The first-order chi connectivity index (χ1) is 9.83. The van der Waals surface area contributed by atoms with Gasteiger partial charge in [-0.25, -0.2) is 0 Å². The van der Waals surface area contributed by atoms with Crippen LogP contribution < -0.4 is 5.32 Å². The summed E-state index contributed by atoms with van der Waals surface area (Å²) in [6.45, 7) is 2.23. The fraction of sp³-hybridized carbons (Fsp3) is 0.667. The van der Waals surface area contributed by atoms with Crippen molar-refractivity contribution in [1.29, 1.82) is 0 Å². The van der Waals surface area contributed by atoms with Crippen molar-refractivity contribution >= 4 is 11.6 Å². The van der Waals surface area contributed by atoms with Gasteiger partial charge in [0.05, 0.1) is 0 Å². The lowest BCUT2D eigenvalue weighted by Gasteiger charge is -2.30. The minimum atomic E-state index is 0.385. The largest absolute Gasteiger partial charge is 0.316 e. The Balaban J connectivity index is 1.57. The molecule has 1 saturated carbocycles. The molecule has 1 nitrogen and oxygen atoms in total. The fourth-order valence-corrected chi connectivity index (χ4v) is 4.42. The van der Waals surface area contributed by atoms with Crippen molar-refractivity contribution in [2.45, 2.75) is 50.9 Å². The molecule has 2 aliphatic carbocycles. The highest BCUT2D eigenvalue weighted by molar-refractivity contribution is 6.18. The summed E-state index contributed by atoms with van der Waals surface area (Å²) >= 11 is 6.23. The minimum Gasteiger partial charge on any atom is -0.316 e. The van der Waals surface area contributed by atoms with E-state index in [1.54, 1.807) is 11.1 Å². The smallest absolute Gasteiger partial charge is 0.0292 e. The second-order valence-corrected chi connectivity index (χ2v) is 7.03. The Hall–Kier alpha value is -0.530. The lowest BCUT2D eigenvalue weighted by Crippen LogP contribution is -2.36. The van der Waals surface area contributed by atoms with Gasteiger partial charge in [-0.05, 0) is 54.6 Å². The fourth-order valence-electron chi connectivity index (χ4n) is 4.06. The van der Waals surface area contributed by atoms with E-state index >= 15 is 0 Å². The van der Waals surface area contributed by atoms with Crippen molar-refractivity contribution in [1.82, 2.24) is 5.32 Å². The highest BCUT2D eigenvalue weighted by atomic mass is 35.5. The van der Waals surface area contributed by atoms with E-state index in [2.05, 4.69) is 29.6 Å². The molecule has 2 heteroatoms. The SMILES string of the molecule is ClCC1(CNCC2CCCc3ccccc32)CCCC1. The van der Waals surface area contributed by atoms with Crippen molar-refractivity contribution in [3.63, 3.8) is 0 Å². The zero-order valence-electron chi connectivity index (χ0n) is 12.3. The van der Waals surface area contributed by atoms with Crippen molar-refractivity contribution in [2.75, 3.05) is 19.0 Å². The number of nitrogens with one attached hydrogen (secondary N) is 1. The van der Waals surface area contributed by atoms with Crippen LogP contribution in [0.5, 0.6) is 0 Å². The van der Waals surface area contributed by atoms with Gasteiger partial charge in [0.2, 0.25) is 0 Å². The first kappa shape index (κ1) is 14.4. The van der Waals surface area contributed by atoms with Gasteiger partial charge >= 0.3 is 0 Å². The summed E-state index contributed by atoms with van der Waals surface area (Å²) in [5.41, 5.74) is 3.53. The number of benzene rings is 1. The van der Waals surface area contributed by atoms with E-state index in [0.29, 0.717) is 11.3 Å². The second kappa shape index (κ2) is 6.49. The van der Waals surface area contributed by atoms with Crippen LogP contribution in [0.25, 0.3) is 0 Å². The Kier molecular flexibility index (Phi) is 4.68. The number of hydrogen-bond donors (Lipinski definition) is 1. The summed E-state index contributed by atoms with van der Waals surface area (Å²) in [5, 5.41) is 3.75. The number of aryl methyl sites for hydroxylation is 1. The van der Waals surface area contributed by atoms with Crippen LogP contribution in [0.15, 0.2) is 24.3 Å². The highest BCUT2D eigenvalue weighted by Gasteiger charge is 2.32. The molecule has 0 radical (unpaired) electrons. The van der Waals surface area contributed by atoms with Crippen LogP contribution in [0.1, 0.15) is 55.6 Å². The first-order valence-electron chi connectivity index (χ1n) is 8.17. The molecular weight excluding hydrogens is 266 g/mol. The van der Waals surface area contributed by atoms with Gasteiger partial charge in [0.15, 0.2) is 0 Å². The summed E-state index contributed by atoms with van der Waals surface area (Å²) in [6, 6.07) is 9.00. The molecule has 1 aromatic rings. The second-order valence-electron chi connectivity index (χ2n) is 6.76. The molecule has 1 unspecified atom stereocenters. The van der Waals surface area contributed by atoms with Crippen molar-refractivity contribution in [3.8, 4) is 0 Å². The molecule has 0 saturated heterocycles. The van der Waals surface area contributed by atoms with Gasteiger partial charge in [0.1, 0.15) is 0 Å². The van der Waals surface area contributed by atoms with E-state index < -0.39 is 0 Å². The lowest BCUT2D eigenvalue weighted by atomic mass is 9.82. The van der Waals surface area contributed by atoms with Crippen LogP contribution in [0.3, 0.4) is 0 Å². The third-order valence-electron chi connectivity index (χ3n) is 5.33. The van der Waals surface area contributed by atoms with E-state index in [-0.39, 0.29) is 0 Å². The van der Waals surface area contributed by atoms with Crippen LogP contribution in [0.2, 0.25) is 0 Å². The van der Waals surface area contributed by atoms with Crippen LogP contribution in [-0.4, -0.2) is 19.0 Å². The maximum Gasteiger partial charge on any atom is 0.0292 e. The molecule has 0 aliphatic heterocycles. The van der Waals surface area contributed by atoms with Crippen LogP contribution in [0, 0.1) is 5.41 Å². The third kappa shape index (κ3) is 3.04. The molecule has 0 amide bonds. The number of hydrogen-bond acceptors (Lipinski definition) is 1. The third-order valence-corrected chi connectivity index (χ3v) is 5.90. The molecule has 1 N–H and O–H groups in total. The molecule has 1 atom stereocenters. The Morgan fingerprint density at radius 1 is 1.15 bits per heavy atom. The molecule has 3 rings (SSSR count). The van der Waals surface area contributed by atoms with Gasteiger partial charge in [-0.1, -0.05) is 37.1 Å². The molecule has 0 aromatic heterocycles. The number of rotatable bonds is 5. The zero-order valence-corrected chi connectivity index (χ0v) is 13.1. The molecule has 2 aliphatic rings. The van der Waals surface area contributed by atoms with Gasteiger partial charge < -0.3 is 5.32 Å². The van der Waals surface area contributed by atoms with Gasteiger partial charge in [-0.2, -0.15) is 0 Å². The molecule has 0 heterocycles. The molecule has 110 valence electrons. The van der Waals surface area contributed by atoms with E-state index in [1.807, 2.05) is 0 Å². The first-order valence-corrected chi connectivity index (χ1v) is 8.71. The molecule has 1 fully saturated rings. The Morgan fingerprint density at radius 3 is 2.75 bits per heavy atom. The topological polar surface area (TPSA) is 12.0 Å². The van der Waals surface area contributed by atoms with Crippen LogP contribution >= 0.6 is 11.6 Å². The number of halogens is 1. The van der Waals surface area contributed by atoms with Gasteiger partial charge in [0, 0.05) is 19.0 Å².